The Morgan fingerprint density at radius 2 is 0.500 bits per heavy atom. The van der Waals surface area contributed by atoms with Crippen LogP contribution in [0.25, 0.3) is 0 Å². The summed E-state index contributed by atoms with van der Waals surface area (Å²) >= 11 is 0. The van der Waals surface area contributed by atoms with Crippen LogP contribution in [0.3, 0.4) is 0 Å². The van der Waals surface area contributed by atoms with E-state index in [2.05, 4.69) is 0 Å². The van der Waals surface area contributed by atoms with Crippen molar-refractivity contribution in [3.8, 4) is 0 Å². The molecule has 3 fully saturated rings. The Kier molecular flexibility index (Phi) is 2.30. The van der Waals surface area contributed by atoms with Gasteiger partial charge in [0.2, 0.25) is 0 Å². The highest BCUT2D eigenvalue weighted by atomic mass is 16.4. The Balaban J connectivity index is 2.34. The molecule has 0 aromatic rings. The van der Waals surface area contributed by atoms with Gasteiger partial charge in [-0.25, -0.2) is 0 Å². The molecule has 2 bridgehead atoms. The Morgan fingerprint density at radius 3 is 0.643 bits per heavy atom. The average Bonchev–Trinajstić information content (AvgIpc) is 2.12. The molecule has 6 N–H and O–H groups in total. The van der Waals surface area contributed by atoms with Crippen LogP contribution in [0, 0.1) is 11.8 Å². The molecule has 0 aromatic carbocycles. The third-order valence-corrected chi connectivity index (χ3v) is 3.42. The molecule has 8 atom stereocenters. The van der Waals surface area contributed by atoms with E-state index < -0.39 is 48.5 Å². The first-order valence-corrected chi connectivity index (χ1v) is 4.55. The minimum Gasteiger partial charge on any atom is -0.390 e. The van der Waals surface area contributed by atoms with E-state index in [9.17, 15) is 30.6 Å². The smallest absolute Gasteiger partial charge is 0.0883 e. The van der Waals surface area contributed by atoms with Gasteiger partial charge in [-0.3, -0.25) is 0 Å². The topological polar surface area (TPSA) is 121 Å². The zero-order chi connectivity index (χ0) is 10.6. The van der Waals surface area contributed by atoms with Crippen LogP contribution in [0.2, 0.25) is 0 Å². The lowest BCUT2D eigenvalue weighted by Crippen LogP contribution is -2.72. The van der Waals surface area contributed by atoms with Crippen LogP contribution in [-0.4, -0.2) is 67.3 Å². The average molecular weight is 206 g/mol. The van der Waals surface area contributed by atoms with Gasteiger partial charge in [0.1, 0.15) is 0 Å². The van der Waals surface area contributed by atoms with E-state index in [0.717, 1.165) is 0 Å². The number of hydrogen-bond acceptors (Lipinski definition) is 6. The molecule has 3 saturated carbocycles. The zero-order valence-electron chi connectivity index (χ0n) is 7.30. The fraction of sp³-hybridized carbons (Fsp3) is 1.00. The van der Waals surface area contributed by atoms with Crippen molar-refractivity contribution in [3.63, 3.8) is 0 Å². The summed E-state index contributed by atoms with van der Waals surface area (Å²) in [5, 5.41) is 56.7. The van der Waals surface area contributed by atoms with Crippen LogP contribution in [0.15, 0.2) is 0 Å². The number of rotatable bonds is 0. The molecular weight excluding hydrogens is 192 g/mol. The lowest BCUT2D eigenvalue weighted by atomic mass is 9.61. The summed E-state index contributed by atoms with van der Waals surface area (Å²) in [5.74, 6) is -2.19. The normalized spacial score (nSPS) is 63.0. The maximum Gasteiger partial charge on any atom is 0.0883 e. The van der Waals surface area contributed by atoms with Crippen molar-refractivity contribution < 1.29 is 30.6 Å². The Morgan fingerprint density at radius 1 is 0.357 bits per heavy atom. The molecule has 3 rings (SSSR count). The zero-order valence-corrected chi connectivity index (χ0v) is 7.30. The Hall–Kier alpha value is -0.240. The van der Waals surface area contributed by atoms with E-state index in [1.165, 1.54) is 0 Å². The Bertz CT molecular complexity index is 172. The van der Waals surface area contributed by atoms with Crippen LogP contribution in [0.4, 0.5) is 0 Å². The predicted octanol–water partition coefficient (Wildman–Crippen LogP) is -3.59. The van der Waals surface area contributed by atoms with E-state index in [1.807, 2.05) is 0 Å². The van der Waals surface area contributed by atoms with Gasteiger partial charge in [-0.1, -0.05) is 0 Å². The third kappa shape index (κ3) is 1.06. The van der Waals surface area contributed by atoms with Gasteiger partial charge in [0.25, 0.3) is 0 Å². The van der Waals surface area contributed by atoms with Crippen LogP contribution in [-0.2, 0) is 0 Å². The van der Waals surface area contributed by atoms with E-state index >= 15 is 0 Å². The molecule has 3 aliphatic carbocycles. The van der Waals surface area contributed by atoms with Crippen molar-refractivity contribution in [2.24, 2.45) is 11.8 Å². The minimum absolute atomic E-state index is 1.10. The van der Waals surface area contributed by atoms with Gasteiger partial charge in [0.05, 0.1) is 36.6 Å². The molecule has 0 saturated heterocycles. The highest BCUT2D eigenvalue weighted by Crippen LogP contribution is 2.42. The molecule has 0 spiro atoms. The molecule has 2 unspecified atom stereocenters. The first kappa shape index (κ1) is 10.3. The second-order valence-corrected chi connectivity index (χ2v) is 4.10. The lowest BCUT2D eigenvalue weighted by Gasteiger charge is -2.54. The van der Waals surface area contributed by atoms with Crippen molar-refractivity contribution in [1.82, 2.24) is 0 Å². The maximum atomic E-state index is 9.45. The molecule has 0 aliphatic heterocycles. The largest absolute Gasteiger partial charge is 0.390 e. The fourth-order valence-electron chi connectivity index (χ4n) is 2.58. The number of fused-ring (bicyclic) bond motifs is 3. The summed E-state index contributed by atoms with van der Waals surface area (Å²) in [6.07, 6.45) is -7.85. The molecule has 0 heterocycles. The molecule has 0 amide bonds. The van der Waals surface area contributed by atoms with Gasteiger partial charge in [0.15, 0.2) is 0 Å². The van der Waals surface area contributed by atoms with E-state index in [-0.39, 0.29) is 0 Å². The lowest BCUT2D eigenvalue weighted by molar-refractivity contribution is -0.279. The van der Waals surface area contributed by atoms with Gasteiger partial charge >= 0.3 is 0 Å². The second-order valence-electron chi connectivity index (χ2n) is 4.10. The molecule has 82 valence electrons. The van der Waals surface area contributed by atoms with Gasteiger partial charge in [-0.15, -0.1) is 0 Å². The molecule has 14 heavy (non-hydrogen) atoms. The highest BCUT2D eigenvalue weighted by molar-refractivity contribution is 5.10. The quantitative estimate of drug-likeness (QED) is 0.244. The molecule has 3 aliphatic rings. The number of aliphatic hydroxyl groups excluding tert-OH is 6. The summed E-state index contributed by atoms with van der Waals surface area (Å²) < 4.78 is 0. The van der Waals surface area contributed by atoms with Gasteiger partial charge < -0.3 is 30.6 Å². The molecule has 6 heteroatoms. The van der Waals surface area contributed by atoms with Gasteiger partial charge in [-0.05, 0) is 0 Å². The molecule has 0 radical (unpaired) electrons. The molecule has 0 aromatic heterocycles. The van der Waals surface area contributed by atoms with Gasteiger partial charge in [0, 0.05) is 11.8 Å². The van der Waals surface area contributed by atoms with Crippen molar-refractivity contribution in [3.05, 3.63) is 0 Å². The van der Waals surface area contributed by atoms with Crippen molar-refractivity contribution in [2.45, 2.75) is 36.6 Å². The first-order chi connectivity index (χ1) is 6.46. The highest BCUT2D eigenvalue weighted by Gasteiger charge is 2.61. The van der Waals surface area contributed by atoms with E-state index in [0.29, 0.717) is 0 Å². The second kappa shape index (κ2) is 3.13. The van der Waals surface area contributed by atoms with Crippen molar-refractivity contribution in [1.29, 1.82) is 0 Å². The third-order valence-electron chi connectivity index (χ3n) is 3.42. The molecular formula is C8H14O6. The van der Waals surface area contributed by atoms with Crippen LogP contribution in [0.1, 0.15) is 0 Å². The van der Waals surface area contributed by atoms with Crippen LogP contribution < -0.4 is 0 Å². The molecule has 6 nitrogen and oxygen atoms in total. The van der Waals surface area contributed by atoms with E-state index in [1.54, 1.807) is 0 Å². The van der Waals surface area contributed by atoms with Crippen LogP contribution >= 0.6 is 0 Å². The summed E-state index contributed by atoms with van der Waals surface area (Å²) in [5.41, 5.74) is 0. The number of aliphatic hydroxyl groups is 6. The SMILES string of the molecule is O[C@@H]1C2[C@@H](O)[C@@H](O)C([C@H]1O)[C@H](O)[C@H]2O. The predicted molar refractivity (Wildman–Crippen MR) is 43.0 cm³/mol. The summed E-state index contributed by atoms with van der Waals surface area (Å²) in [6.45, 7) is 0. The standard InChI is InChI=1S/C8H14O6/c9-3-1-4(10)7(13)2(6(3)12)8(14)5(1)11/h1-14H/t1?,2?,3-,4-,5+,6-,7+,8+. The summed E-state index contributed by atoms with van der Waals surface area (Å²) in [6, 6.07) is 0. The minimum atomic E-state index is -1.31. The van der Waals surface area contributed by atoms with Crippen molar-refractivity contribution >= 4 is 0 Å². The van der Waals surface area contributed by atoms with Crippen LogP contribution in [0.5, 0.6) is 0 Å². The fourth-order valence-corrected chi connectivity index (χ4v) is 2.58. The van der Waals surface area contributed by atoms with E-state index in [4.69, 9.17) is 0 Å². The number of hydrogen-bond donors (Lipinski definition) is 6. The first-order valence-electron chi connectivity index (χ1n) is 4.55. The summed E-state index contributed by atoms with van der Waals surface area (Å²) in [7, 11) is 0. The van der Waals surface area contributed by atoms with Crippen molar-refractivity contribution in [2.75, 3.05) is 0 Å². The monoisotopic (exact) mass is 206 g/mol. The summed E-state index contributed by atoms with van der Waals surface area (Å²) in [4.78, 5) is 0. The van der Waals surface area contributed by atoms with Gasteiger partial charge in [-0.2, -0.15) is 0 Å². The Labute approximate surface area is 80.0 Å². The maximum absolute atomic E-state index is 9.45.